The zero-order valence-corrected chi connectivity index (χ0v) is 12.5. The van der Waals surface area contributed by atoms with Crippen molar-refractivity contribution in [1.82, 2.24) is 15.3 Å². The molecule has 4 nitrogen and oxygen atoms in total. The van der Waals surface area contributed by atoms with E-state index in [0.717, 1.165) is 9.39 Å². The van der Waals surface area contributed by atoms with E-state index < -0.39 is 0 Å². The van der Waals surface area contributed by atoms with Crippen LogP contribution in [-0.4, -0.2) is 36.1 Å². The lowest BCUT2D eigenvalue weighted by Gasteiger charge is -2.35. The quantitative estimate of drug-likeness (QED) is 0.851. The summed E-state index contributed by atoms with van der Waals surface area (Å²) in [6, 6.07) is 1.31. The Hall–Kier alpha value is -0.430. The van der Waals surface area contributed by atoms with Gasteiger partial charge in [-0.3, -0.25) is 0 Å². The molecule has 0 unspecified atom stereocenters. The summed E-state index contributed by atoms with van der Waals surface area (Å²) in [6.45, 7) is 0. The predicted octanol–water partition coefficient (Wildman–Crippen LogP) is 2.05. The average Bonchev–Trinajstić information content (AvgIpc) is 2.39. The molecule has 1 aliphatic rings. The Bertz CT molecular complexity index is 363. The van der Waals surface area contributed by atoms with Crippen molar-refractivity contribution in [2.24, 2.45) is 0 Å². The van der Waals surface area contributed by atoms with E-state index in [1.807, 2.05) is 6.20 Å². The molecule has 0 aliphatic heterocycles. The van der Waals surface area contributed by atoms with Crippen molar-refractivity contribution in [3.8, 4) is 0 Å². The molecule has 0 spiro atoms. The summed E-state index contributed by atoms with van der Waals surface area (Å²) in [7, 11) is 4.21. The lowest BCUT2D eigenvalue weighted by Crippen LogP contribution is -2.40. The molecule has 0 atom stereocenters. The van der Waals surface area contributed by atoms with E-state index in [-0.39, 0.29) is 0 Å². The summed E-state index contributed by atoms with van der Waals surface area (Å²) in [6.07, 6.45) is 8.50. The number of hydrogen-bond acceptors (Lipinski definition) is 4. The van der Waals surface area contributed by atoms with E-state index in [1.54, 1.807) is 6.33 Å². The Labute approximate surface area is 116 Å². The van der Waals surface area contributed by atoms with Gasteiger partial charge in [0.15, 0.2) is 0 Å². The Morgan fingerprint density at radius 2 is 2.06 bits per heavy atom. The molecule has 1 aromatic heterocycles. The predicted molar refractivity (Wildman–Crippen MR) is 78.3 cm³/mol. The van der Waals surface area contributed by atoms with Crippen LogP contribution in [0.4, 0.5) is 5.82 Å². The third-order valence-corrected chi connectivity index (χ3v) is 4.40. The second-order valence-corrected chi connectivity index (χ2v) is 5.76. The van der Waals surface area contributed by atoms with Gasteiger partial charge in [-0.2, -0.15) is 0 Å². The van der Waals surface area contributed by atoms with Crippen molar-refractivity contribution in [2.45, 2.75) is 37.8 Å². The molecule has 0 aromatic carbocycles. The van der Waals surface area contributed by atoms with E-state index in [0.29, 0.717) is 12.1 Å². The highest BCUT2D eigenvalue weighted by atomic mass is 127. The van der Waals surface area contributed by atoms with Crippen LogP contribution in [0.5, 0.6) is 0 Å². The van der Waals surface area contributed by atoms with Crippen LogP contribution in [0.25, 0.3) is 0 Å². The standard InChI is InChI=1S/C12H19IN4/c1-14-9-3-5-10(6-4-9)17(2)12-11(13)7-15-8-16-12/h7-10,14H,3-6H2,1-2H3. The molecule has 5 heteroatoms. The van der Waals surface area contributed by atoms with Crippen LogP contribution in [0.15, 0.2) is 12.5 Å². The maximum Gasteiger partial charge on any atom is 0.145 e. The molecule has 1 aliphatic carbocycles. The molecule has 1 saturated carbocycles. The number of nitrogens with one attached hydrogen (secondary N) is 1. The van der Waals surface area contributed by atoms with E-state index >= 15 is 0 Å². The summed E-state index contributed by atoms with van der Waals surface area (Å²) in [5, 5.41) is 3.37. The van der Waals surface area contributed by atoms with Crippen LogP contribution < -0.4 is 10.2 Å². The number of nitrogens with zero attached hydrogens (tertiary/aromatic N) is 3. The van der Waals surface area contributed by atoms with Crippen LogP contribution >= 0.6 is 22.6 Å². The van der Waals surface area contributed by atoms with Gasteiger partial charge in [0, 0.05) is 25.3 Å². The molecular formula is C12H19IN4. The topological polar surface area (TPSA) is 41.0 Å². The van der Waals surface area contributed by atoms with Gasteiger partial charge in [-0.1, -0.05) is 0 Å². The summed E-state index contributed by atoms with van der Waals surface area (Å²) < 4.78 is 1.13. The van der Waals surface area contributed by atoms with Gasteiger partial charge >= 0.3 is 0 Å². The fourth-order valence-corrected chi connectivity index (χ4v) is 3.17. The van der Waals surface area contributed by atoms with Crippen molar-refractivity contribution < 1.29 is 0 Å². The van der Waals surface area contributed by atoms with E-state index in [2.05, 4.69) is 56.9 Å². The first-order chi connectivity index (χ1) is 8.22. The minimum atomic E-state index is 0.614. The van der Waals surface area contributed by atoms with Gasteiger partial charge in [0.25, 0.3) is 0 Å². The summed E-state index contributed by atoms with van der Waals surface area (Å²) >= 11 is 2.30. The van der Waals surface area contributed by atoms with Crippen molar-refractivity contribution in [2.75, 3.05) is 19.0 Å². The molecule has 94 valence electrons. The Morgan fingerprint density at radius 3 is 2.65 bits per heavy atom. The monoisotopic (exact) mass is 346 g/mol. The number of hydrogen-bond donors (Lipinski definition) is 1. The van der Waals surface area contributed by atoms with E-state index in [9.17, 15) is 0 Å². The molecule has 1 aromatic rings. The van der Waals surface area contributed by atoms with E-state index in [4.69, 9.17) is 0 Å². The molecule has 0 amide bonds. The van der Waals surface area contributed by atoms with Crippen molar-refractivity contribution in [3.05, 3.63) is 16.1 Å². The minimum Gasteiger partial charge on any atom is -0.356 e. The second kappa shape index (κ2) is 5.95. The normalized spacial score (nSPS) is 24.6. The van der Waals surface area contributed by atoms with Gasteiger partial charge in [0.1, 0.15) is 12.1 Å². The molecule has 17 heavy (non-hydrogen) atoms. The first-order valence-electron chi connectivity index (χ1n) is 6.08. The third kappa shape index (κ3) is 3.07. The highest BCUT2D eigenvalue weighted by Gasteiger charge is 2.24. The van der Waals surface area contributed by atoms with Crippen LogP contribution in [0, 0.1) is 3.57 Å². The largest absolute Gasteiger partial charge is 0.356 e. The number of rotatable bonds is 3. The number of halogens is 1. The van der Waals surface area contributed by atoms with Crippen LogP contribution in [0.1, 0.15) is 25.7 Å². The maximum absolute atomic E-state index is 4.38. The molecule has 1 heterocycles. The number of anilines is 1. The lowest BCUT2D eigenvalue weighted by molar-refractivity contribution is 0.350. The van der Waals surface area contributed by atoms with Crippen molar-refractivity contribution >= 4 is 28.4 Å². The van der Waals surface area contributed by atoms with Crippen LogP contribution in [0.2, 0.25) is 0 Å². The summed E-state index contributed by atoms with van der Waals surface area (Å²) in [4.78, 5) is 10.7. The van der Waals surface area contributed by atoms with Gasteiger partial charge in [-0.05, 0) is 55.3 Å². The first kappa shape index (κ1) is 13.0. The fourth-order valence-electron chi connectivity index (χ4n) is 2.49. The third-order valence-electron chi connectivity index (χ3n) is 3.63. The second-order valence-electron chi connectivity index (χ2n) is 4.60. The van der Waals surface area contributed by atoms with Crippen molar-refractivity contribution in [3.63, 3.8) is 0 Å². The molecule has 0 saturated heterocycles. The van der Waals surface area contributed by atoms with Gasteiger partial charge in [-0.25, -0.2) is 9.97 Å². The van der Waals surface area contributed by atoms with Crippen LogP contribution in [0.3, 0.4) is 0 Å². The molecule has 0 bridgehead atoms. The summed E-state index contributed by atoms with van der Waals surface area (Å²) in [5.74, 6) is 1.06. The zero-order chi connectivity index (χ0) is 12.3. The Kier molecular flexibility index (Phi) is 4.55. The highest BCUT2D eigenvalue weighted by Crippen LogP contribution is 2.27. The Balaban J connectivity index is 2.02. The summed E-state index contributed by atoms with van der Waals surface area (Å²) in [5.41, 5.74) is 0. The van der Waals surface area contributed by atoms with Crippen LogP contribution in [-0.2, 0) is 0 Å². The Morgan fingerprint density at radius 1 is 1.35 bits per heavy atom. The van der Waals surface area contributed by atoms with Gasteiger partial charge in [0.2, 0.25) is 0 Å². The smallest absolute Gasteiger partial charge is 0.145 e. The van der Waals surface area contributed by atoms with Gasteiger partial charge in [0.05, 0.1) is 3.57 Å². The maximum atomic E-state index is 4.38. The molecule has 1 fully saturated rings. The molecule has 2 rings (SSSR count). The molecule has 0 radical (unpaired) electrons. The van der Waals surface area contributed by atoms with Gasteiger partial charge < -0.3 is 10.2 Å². The lowest BCUT2D eigenvalue weighted by atomic mass is 9.90. The SMILES string of the molecule is CNC1CCC(N(C)c2ncncc2I)CC1. The molecule has 1 N–H and O–H groups in total. The molecular weight excluding hydrogens is 327 g/mol. The minimum absolute atomic E-state index is 0.614. The first-order valence-corrected chi connectivity index (χ1v) is 7.16. The van der Waals surface area contributed by atoms with E-state index in [1.165, 1.54) is 25.7 Å². The average molecular weight is 346 g/mol. The highest BCUT2D eigenvalue weighted by molar-refractivity contribution is 14.1. The zero-order valence-electron chi connectivity index (χ0n) is 10.4. The van der Waals surface area contributed by atoms with Gasteiger partial charge in [-0.15, -0.1) is 0 Å². The fraction of sp³-hybridized carbons (Fsp3) is 0.667. The van der Waals surface area contributed by atoms with Crippen molar-refractivity contribution in [1.29, 1.82) is 0 Å². The number of aromatic nitrogens is 2.